The first-order valence-corrected chi connectivity index (χ1v) is 7.40. The highest BCUT2D eigenvalue weighted by Crippen LogP contribution is 2.45. The zero-order chi connectivity index (χ0) is 11.6. The van der Waals surface area contributed by atoms with Crippen molar-refractivity contribution in [2.75, 3.05) is 11.1 Å². The van der Waals surface area contributed by atoms with Gasteiger partial charge in [0.15, 0.2) is 11.6 Å². The Morgan fingerprint density at radius 2 is 2.00 bits per heavy atom. The molecule has 1 aliphatic carbocycles. The highest BCUT2D eigenvalue weighted by Gasteiger charge is 2.35. The van der Waals surface area contributed by atoms with Crippen LogP contribution in [0.3, 0.4) is 0 Å². The van der Waals surface area contributed by atoms with Crippen LogP contribution in [0.15, 0.2) is 23.1 Å². The summed E-state index contributed by atoms with van der Waals surface area (Å²) in [5.41, 5.74) is 0.371. The molecular weight excluding hydrogens is 294 g/mol. The van der Waals surface area contributed by atoms with E-state index >= 15 is 0 Å². The largest absolute Gasteiger partial charge is 0.204 e. The molecule has 0 saturated heterocycles. The van der Waals surface area contributed by atoms with E-state index in [1.54, 1.807) is 17.8 Å². The number of hydrogen-bond donors (Lipinski definition) is 0. The average molecular weight is 307 g/mol. The van der Waals surface area contributed by atoms with Crippen LogP contribution in [0.2, 0.25) is 0 Å². The molecule has 16 heavy (non-hydrogen) atoms. The highest BCUT2D eigenvalue weighted by atomic mass is 79.9. The molecule has 0 aliphatic heterocycles. The predicted molar refractivity (Wildman–Crippen MR) is 67.2 cm³/mol. The molecule has 0 amide bonds. The fourth-order valence-corrected chi connectivity index (χ4v) is 4.03. The Kier molecular flexibility index (Phi) is 3.90. The molecule has 4 heteroatoms. The lowest BCUT2D eigenvalue weighted by Gasteiger charge is -2.40. The first kappa shape index (κ1) is 12.4. The van der Waals surface area contributed by atoms with Crippen molar-refractivity contribution in [1.29, 1.82) is 0 Å². The van der Waals surface area contributed by atoms with Crippen molar-refractivity contribution in [2.24, 2.45) is 5.41 Å². The van der Waals surface area contributed by atoms with Gasteiger partial charge in [0.25, 0.3) is 0 Å². The normalized spacial score (nSPS) is 18.2. The summed E-state index contributed by atoms with van der Waals surface area (Å²) in [7, 11) is 0. The van der Waals surface area contributed by atoms with Crippen molar-refractivity contribution >= 4 is 27.7 Å². The van der Waals surface area contributed by atoms with Crippen molar-refractivity contribution in [3.63, 3.8) is 0 Å². The highest BCUT2D eigenvalue weighted by molar-refractivity contribution is 9.09. The third-order valence-electron chi connectivity index (χ3n) is 3.13. The molecule has 1 saturated carbocycles. The number of rotatable bonds is 4. The lowest BCUT2D eigenvalue weighted by molar-refractivity contribution is 0.206. The molecule has 0 atom stereocenters. The molecule has 1 aromatic rings. The van der Waals surface area contributed by atoms with E-state index in [4.69, 9.17) is 0 Å². The number of thioether (sulfide) groups is 1. The quantitative estimate of drug-likeness (QED) is 0.577. The SMILES string of the molecule is Fc1ccc(SCC2(CBr)CCC2)cc1F. The Hall–Kier alpha value is -0.0900. The Bertz CT molecular complexity index is 372. The van der Waals surface area contributed by atoms with Crippen LogP contribution in [0.5, 0.6) is 0 Å². The molecule has 0 aromatic heterocycles. The first-order valence-electron chi connectivity index (χ1n) is 5.29. The second kappa shape index (κ2) is 5.05. The summed E-state index contributed by atoms with van der Waals surface area (Å²) in [6, 6.07) is 4.11. The van der Waals surface area contributed by atoms with E-state index in [0.29, 0.717) is 5.41 Å². The van der Waals surface area contributed by atoms with Crippen LogP contribution in [-0.4, -0.2) is 11.1 Å². The molecule has 2 rings (SSSR count). The van der Waals surface area contributed by atoms with E-state index in [2.05, 4.69) is 15.9 Å². The van der Waals surface area contributed by atoms with Crippen LogP contribution < -0.4 is 0 Å². The Balaban J connectivity index is 1.96. The molecule has 0 spiro atoms. The summed E-state index contributed by atoms with van der Waals surface area (Å²) >= 11 is 5.15. The maximum atomic E-state index is 13.0. The van der Waals surface area contributed by atoms with Crippen molar-refractivity contribution < 1.29 is 8.78 Å². The zero-order valence-electron chi connectivity index (χ0n) is 8.81. The minimum absolute atomic E-state index is 0.371. The van der Waals surface area contributed by atoms with Crippen molar-refractivity contribution in [3.05, 3.63) is 29.8 Å². The van der Waals surface area contributed by atoms with Crippen LogP contribution in [-0.2, 0) is 0 Å². The third kappa shape index (κ3) is 2.59. The van der Waals surface area contributed by atoms with Crippen LogP contribution in [0.4, 0.5) is 8.78 Å². The molecule has 0 unspecified atom stereocenters. The Labute approximate surface area is 107 Å². The van der Waals surface area contributed by atoms with Gasteiger partial charge in [0.05, 0.1) is 0 Å². The smallest absolute Gasteiger partial charge is 0.159 e. The van der Waals surface area contributed by atoms with Crippen LogP contribution in [0, 0.1) is 17.0 Å². The molecule has 0 radical (unpaired) electrons. The number of hydrogen-bond acceptors (Lipinski definition) is 1. The van der Waals surface area contributed by atoms with E-state index < -0.39 is 11.6 Å². The second-order valence-corrected chi connectivity index (χ2v) is 5.96. The fourth-order valence-electron chi connectivity index (χ4n) is 1.80. The minimum atomic E-state index is -0.775. The third-order valence-corrected chi connectivity index (χ3v) is 5.67. The van der Waals surface area contributed by atoms with Crippen LogP contribution >= 0.6 is 27.7 Å². The Morgan fingerprint density at radius 1 is 1.25 bits per heavy atom. The van der Waals surface area contributed by atoms with Gasteiger partial charge in [0.2, 0.25) is 0 Å². The summed E-state index contributed by atoms with van der Waals surface area (Å²) in [6.07, 6.45) is 3.74. The number of benzene rings is 1. The van der Waals surface area contributed by atoms with E-state index in [-0.39, 0.29) is 0 Å². The molecule has 1 aliphatic rings. The maximum absolute atomic E-state index is 13.0. The van der Waals surface area contributed by atoms with E-state index in [9.17, 15) is 8.78 Å². The Morgan fingerprint density at radius 3 is 2.50 bits per heavy atom. The summed E-state index contributed by atoms with van der Waals surface area (Å²) < 4.78 is 25.7. The summed E-state index contributed by atoms with van der Waals surface area (Å²) in [6.45, 7) is 0. The molecule has 1 fully saturated rings. The second-order valence-electron chi connectivity index (χ2n) is 4.35. The minimum Gasteiger partial charge on any atom is -0.204 e. The maximum Gasteiger partial charge on any atom is 0.159 e. The van der Waals surface area contributed by atoms with Gasteiger partial charge in [-0.05, 0) is 36.5 Å². The van der Waals surface area contributed by atoms with Gasteiger partial charge in [-0.15, -0.1) is 11.8 Å². The molecule has 88 valence electrons. The predicted octanol–water partition coefficient (Wildman–Crippen LogP) is 4.62. The number of alkyl halides is 1. The molecular formula is C12H13BrF2S. The monoisotopic (exact) mass is 306 g/mol. The summed E-state index contributed by atoms with van der Waals surface area (Å²) in [5.74, 6) is -0.557. The van der Waals surface area contributed by atoms with Gasteiger partial charge in [-0.2, -0.15) is 0 Å². The molecule has 0 nitrogen and oxygen atoms in total. The topological polar surface area (TPSA) is 0 Å². The van der Waals surface area contributed by atoms with Crippen molar-refractivity contribution in [1.82, 2.24) is 0 Å². The van der Waals surface area contributed by atoms with Crippen molar-refractivity contribution in [3.8, 4) is 0 Å². The average Bonchev–Trinajstić information content (AvgIpc) is 2.22. The van der Waals surface area contributed by atoms with Gasteiger partial charge in [-0.1, -0.05) is 22.4 Å². The van der Waals surface area contributed by atoms with Gasteiger partial charge in [0, 0.05) is 16.0 Å². The van der Waals surface area contributed by atoms with Crippen LogP contribution in [0.1, 0.15) is 19.3 Å². The van der Waals surface area contributed by atoms with Crippen LogP contribution in [0.25, 0.3) is 0 Å². The fraction of sp³-hybridized carbons (Fsp3) is 0.500. The standard InChI is InChI=1S/C12H13BrF2S/c13-7-12(4-1-5-12)8-16-9-2-3-10(14)11(15)6-9/h2-3,6H,1,4-5,7-8H2. The van der Waals surface area contributed by atoms with Crippen molar-refractivity contribution in [2.45, 2.75) is 24.2 Å². The molecule has 0 heterocycles. The zero-order valence-corrected chi connectivity index (χ0v) is 11.2. The van der Waals surface area contributed by atoms with Gasteiger partial charge >= 0.3 is 0 Å². The van der Waals surface area contributed by atoms with Gasteiger partial charge < -0.3 is 0 Å². The molecule has 0 N–H and O–H groups in total. The van der Waals surface area contributed by atoms with Gasteiger partial charge in [-0.25, -0.2) is 8.78 Å². The lowest BCUT2D eigenvalue weighted by atomic mass is 9.72. The van der Waals surface area contributed by atoms with Gasteiger partial charge in [-0.3, -0.25) is 0 Å². The first-order chi connectivity index (χ1) is 7.65. The molecule has 0 bridgehead atoms. The summed E-state index contributed by atoms with van der Waals surface area (Å²) in [5, 5.41) is 0.997. The van der Waals surface area contributed by atoms with E-state index in [1.807, 2.05) is 0 Å². The number of halogens is 3. The van der Waals surface area contributed by atoms with E-state index in [1.165, 1.54) is 31.4 Å². The van der Waals surface area contributed by atoms with E-state index in [0.717, 1.165) is 16.0 Å². The summed E-state index contributed by atoms with van der Waals surface area (Å²) in [4.78, 5) is 0.811. The lowest BCUT2D eigenvalue weighted by Crippen LogP contribution is -2.33. The van der Waals surface area contributed by atoms with Gasteiger partial charge in [0.1, 0.15) is 0 Å². The molecule has 1 aromatic carbocycles.